The van der Waals surface area contributed by atoms with Crippen molar-refractivity contribution in [3.8, 4) is 0 Å². The number of nitrogens with one attached hydrogen (secondary N) is 3. The minimum absolute atomic E-state index is 0.0464. The Hall–Kier alpha value is -1.88. The van der Waals surface area contributed by atoms with Crippen molar-refractivity contribution in [2.75, 3.05) is 13.6 Å². The second-order valence-corrected chi connectivity index (χ2v) is 5.90. The molecule has 2 fully saturated rings. The van der Waals surface area contributed by atoms with Gasteiger partial charge in [0.05, 0.1) is 13.6 Å². The van der Waals surface area contributed by atoms with Crippen LogP contribution >= 0.6 is 0 Å². The fourth-order valence-electron chi connectivity index (χ4n) is 3.72. The van der Waals surface area contributed by atoms with Crippen LogP contribution in [0.4, 0.5) is 4.79 Å². The molecule has 5 heteroatoms. The number of imide groups is 1. The van der Waals surface area contributed by atoms with Gasteiger partial charge in [-0.15, -0.1) is 0 Å². The van der Waals surface area contributed by atoms with Gasteiger partial charge in [-0.2, -0.15) is 0 Å². The molecular weight excluding hydrogens is 254 g/mol. The average Bonchev–Trinajstić information content (AvgIpc) is 2.72. The molecule has 0 saturated carbocycles. The number of carbonyl (C=O) groups is 2. The summed E-state index contributed by atoms with van der Waals surface area (Å²) in [6, 6.07) is 10.1. The van der Waals surface area contributed by atoms with Gasteiger partial charge >= 0.3 is 6.03 Å². The van der Waals surface area contributed by atoms with Crippen molar-refractivity contribution >= 4 is 11.9 Å². The minimum Gasteiger partial charge on any atom is -0.331 e. The zero-order valence-corrected chi connectivity index (χ0v) is 11.8. The van der Waals surface area contributed by atoms with E-state index in [4.69, 9.17) is 0 Å². The topological polar surface area (TPSA) is 62.6 Å². The van der Waals surface area contributed by atoms with Crippen molar-refractivity contribution < 1.29 is 14.5 Å². The molecule has 3 rings (SSSR count). The van der Waals surface area contributed by atoms with Gasteiger partial charge in [-0.1, -0.05) is 37.3 Å². The molecular formula is C15H20N3O2+. The number of carbonyl (C=O) groups excluding carboxylic acids is 2. The highest BCUT2D eigenvalue weighted by molar-refractivity contribution is 6.07. The molecule has 1 spiro atoms. The zero-order chi connectivity index (χ0) is 14.3. The van der Waals surface area contributed by atoms with Gasteiger partial charge in [0.1, 0.15) is 11.6 Å². The van der Waals surface area contributed by atoms with Crippen molar-refractivity contribution in [3.05, 3.63) is 35.9 Å². The van der Waals surface area contributed by atoms with Gasteiger partial charge in [-0.3, -0.25) is 10.1 Å². The van der Waals surface area contributed by atoms with Gasteiger partial charge in [-0.25, -0.2) is 4.79 Å². The molecule has 2 saturated heterocycles. The third-order valence-corrected chi connectivity index (χ3v) is 4.85. The van der Waals surface area contributed by atoms with E-state index in [0.717, 1.165) is 6.54 Å². The molecule has 0 aliphatic carbocycles. The first-order valence-electron chi connectivity index (χ1n) is 7.05. The summed E-state index contributed by atoms with van der Waals surface area (Å²) in [7, 11) is 2.15. The molecule has 2 aliphatic rings. The Kier molecular flexibility index (Phi) is 3.01. The van der Waals surface area contributed by atoms with Gasteiger partial charge in [0.15, 0.2) is 0 Å². The Morgan fingerprint density at radius 1 is 1.25 bits per heavy atom. The number of benzene rings is 1. The van der Waals surface area contributed by atoms with Crippen LogP contribution in [0.5, 0.6) is 0 Å². The van der Waals surface area contributed by atoms with Crippen LogP contribution in [-0.2, 0) is 4.79 Å². The van der Waals surface area contributed by atoms with E-state index >= 15 is 0 Å². The van der Waals surface area contributed by atoms with E-state index < -0.39 is 5.54 Å². The number of urea groups is 1. The number of rotatable bonds is 1. The number of quaternary nitrogens is 1. The molecule has 106 valence electrons. The van der Waals surface area contributed by atoms with Crippen LogP contribution in [0.2, 0.25) is 0 Å². The lowest BCUT2D eigenvalue weighted by Gasteiger charge is -2.44. The Balaban J connectivity index is 1.99. The van der Waals surface area contributed by atoms with Gasteiger partial charge in [-0.05, 0) is 0 Å². The summed E-state index contributed by atoms with van der Waals surface area (Å²) in [5, 5.41) is 5.27. The molecule has 5 nitrogen and oxygen atoms in total. The quantitative estimate of drug-likeness (QED) is 0.624. The molecule has 2 heterocycles. The third-order valence-electron chi connectivity index (χ3n) is 4.85. The lowest BCUT2D eigenvalue weighted by atomic mass is 9.72. The summed E-state index contributed by atoms with van der Waals surface area (Å²) >= 11 is 0. The van der Waals surface area contributed by atoms with Gasteiger partial charge < -0.3 is 10.2 Å². The van der Waals surface area contributed by atoms with Crippen molar-refractivity contribution in [1.29, 1.82) is 0 Å². The summed E-state index contributed by atoms with van der Waals surface area (Å²) in [6.07, 6.45) is 0.681. The van der Waals surface area contributed by atoms with Crippen molar-refractivity contribution in [2.45, 2.75) is 24.9 Å². The van der Waals surface area contributed by atoms with Crippen LogP contribution < -0.4 is 15.5 Å². The van der Waals surface area contributed by atoms with Gasteiger partial charge in [0, 0.05) is 17.9 Å². The normalized spacial score (nSPS) is 36.8. The number of hydrogen-bond acceptors (Lipinski definition) is 2. The number of amides is 3. The maximum atomic E-state index is 12.3. The third kappa shape index (κ3) is 1.81. The van der Waals surface area contributed by atoms with Crippen LogP contribution in [0, 0.1) is 5.92 Å². The van der Waals surface area contributed by atoms with Crippen LogP contribution in [0.15, 0.2) is 30.3 Å². The first-order valence-corrected chi connectivity index (χ1v) is 7.05. The van der Waals surface area contributed by atoms with Crippen molar-refractivity contribution in [2.24, 2.45) is 5.92 Å². The van der Waals surface area contributed by atoms with Crippen LogP contribution in [0.3, 0.4) is 0 Å². The molecule has 1 aromatic carbocycles. The number of likely N-dealkylation sites (tertiary alicyclic amines) is 1. The summed E-state index contributed by atoms with van der Waals surface area (Å²) in [5.41, 5.74) is 0.461. The maximum Gasteiger partial charge on any atom is 0.322 e. The predicted molar refractivity (Wildman–Crippen MR) is 74.1 cm³/mol. The molecule has 1 unspecified atom stereocenters. The summed E-state index contributed by atoms with van der Waals surface area (Å²) in [5.74, 6) is -0.131. The van der Waals surface area contributed by atoms with Gasteiger partial charge in [0.25, 0.3) is 5.91 Å². The Morgan fingerprint density at radius 3 is 2.55 bits per heavy atom. The second-order valence-electron chi connectivity index (χ2n) is 5.90. The van der Waals surface area contributed by atoms with E-state index in [1.165, 1.54) is 10.5 Å². The average molecular weight is 274 g/mol. The van der Waals surface area contributed by atoms with E-state index in [1.807, 2.05) is 18.2 Å². The first-order chi connectivity index (χ1) is 9.54. The minimum atomic E-state index is -0.753. The highest BCUT2D eigenvalue weighted by atomic mass is 16.2. The highest BCUT2D eigenvalue weighted by Crippen LogP contribution is 2.35. The number of hydrogen-bond donors (Lipinski definition) is 3. The molecule has 3 amide bonds. The number of piperidine rings is 1. The maximum absolute atomic E-state index is 12.3. The van der Waals surface area contributed by atoms with E-state index in [9.17, 15) is 9.59 Å². The molecule has 0 radical (unpaired) electrons. The second kappa shape index (κ2) is 4.59. The summed E-state index contributed by atoms with van der Waals surface area (Å²) in [6.45, 7) is 2.92. The molecule has 4 atom stereocenters. The molecule has 0 aromatic heterocycles. The van der Waals surface area contributed by atoms with E-state index in [0.29, 0.717) is 6.42 Å². The fraction of sp³-hybridized carbons (Fsp3) is 0.467. The van der Waals surface area contributed by atoms with Crippen LogP contribution in [0.25, 0.3) is 0 Å². The Bertz CT molecular complexity index is 545. The lowest BCUT2D eigenvalue weighted by molar-refractivity contribution is -0.923. The Morgan fingerprint density at radius 2 is 1.95 bits per heavy atom. The van der Waals surface area contributed by atoms with E-state index in [1.54, 1.807) is 0 Å². The zero-order valence-electron chi connectivity index (χ0n) is 11.8. The van der Waals surface area contributed by atoms with Crippen molar-refractivity contribution in [3.63, 3.8) is 0 Å². The molecule has 0 bridgehead atoms. The van der Waals surface area contributed by atoms with Crippen LogP contribution in [0.1, 0.15) is 24.9 Å². The van der Waals surface area contributed by atoms with Crippen molar-refractivity contribution in [1.82, 2.24) is 10.6 Å². The molecule has 20 heavy (non-hydrogen) atoms. The standard InChI is InChI=1S/C15H19N3O2/c1-10-12(11-6-4-3-5-7-11)18(2)9-8-15(10)13(19)16-14(20)17-15/h3-7,10,12H,8-9H2,1-2H3,(H2,16,17,19,20)/p+1/t10-,12+,15+/m1/s1. The smallest absolute Gasteiger partial charge is 0.322 e. The highest BCUT2D eigenvalue weighted by Gasteiger charge is 2.57. The first kappa shape index (κ1) is 13.1. The van der Waals surface area contributed by atoms with Crippen LogP contribution in [-0.4, -0.2) is 31.1 Å². The largest absolute Gasteiger partial charge is 0.331 e. The molecule has 1 aromatic rings. The SMILES string of the molecule is C[C@@H]1[C@@H](c2ccccc2)[NH+](C)CC[C@]12NC(=O)NC2=O. The molecule has 3 N–H and O–H groups in total. The monoisotopic (exact) mass is 274 g/mol. The summed E-state index contributed by atoms with van der Waals surface area (Å²) < 4.78 is 0. The van der Waals surface area contributed by atoms with E-state index in [2.05, 4.69) is 36.7 Å². The fourth-order valence-corrected chi connectivity index (χ4v) is 3.72. The lowest BCUT2D eigenvalue weighted by Crippen LogP contribution is -3.12. The molecule has 2 aliphatic heterocycles. The summed E-state index contributed by atoms with van der Waals surface area (Å²) in [4.78, 5) is 25.2. The predicted octanol–water partition coefficient (Wildman–Crippen LogP) is -0.140. The van der Waals surface area contributed by atoms with E-state index in [-0.39, 0.29) is 23.9 Å². The van der Waals surface area contributed by atoms with Gasteiger partial charge in [0.2, 0.25) is 0 Å². The Labute approximate surface area is 118 Å².